The number of hydrogen-bond donors (Lipinski definition) is 1. The predicted octanol–water partition coefficient (Wildman–Crippen LogP) is 0.816. The molecule has 1 aromatic carbocycles. The van der Waals surface area contributed by atoms with Gasteiger partial charge in [-0.05, 0) is 6.07 Å². The maximum Gasteiger partial charge on any atom is 0.137 e. The smallest absolute Gasteiger partial charge is 0.137 e. The number of nitrogens with zero attached hydrogens (tertiary/aromatic N) is 3. The standard InChI is InChI=1S/C11H14N4O/c12-7-10-3-1-2-4-11(10)16-6-5-15-9-13-8-14-15/h1-4,8-9H,5-7,12H2. The van der Waals surface area contributed by atoms with Crippen LogP contribution in [0.15, 0.2) is 36.9 Å². The average Bonchev–Trinajstić information content (AvgIpc) is 2.83. The van der Waals surface area contributed by atoms with Gasteiger partial charge in [0.2, 0.25) is 0 Å². The van der Waals surface area contributed by atoms with Crippen LogP contribution in [0.3, 0.4) is 0 Å². The van der Waals surface area contributed by atoms with Crippen LogP contribution in [-0.2, 0) is 13.1 Å². The van der Waals surface area contributed by atoms with Gasteiger partial charge in [0.25, 0.3) is 0 Å². The number of hydrogen-bond acceptors (Lipinski definition) is 4. The molecule has 0 spiro atoms. The Balaban J connectivity index is 1.89. The Kier molecular flexibility index (Phi) is 3.50. The van der Waals surface area contributed by atoms with Gasteiger partial charge >= 0.3 is 0 Å². The Hall–Kier alpha value is -1.88. The summed E-state index contributed by atoms with van der Waals surface area (Å²) >= 11 is 0. The van der Waals surface area contributed by atoms with Crippen LogP contribution in [0, 0.1) is 0 Å². The predicted molar refractivity (Wildman–Crippen MR) is 59.9 cm³/mol. The minimum Gasteiger partial charge on any atom is -0.491 e. The topological polar surface area (TPSA) is 66.0 Å². The molecule has 0 aliphatic heterocycles. The monoisotopic (exact) mass is 218 g/mol. The molecular weight excluding hydrogens is 204 g/mol. The van der Waals surface area contributed by atoms with Crippen LogP contribution < -0.4 is 10.5 Å². The van der Waals surface area contributed by atoms with Crippen molar-refractivity contribution in [2.24, 2.45) is 5.73 Å². The molecule has 84 valence electrons. The highest BCUT2D eigenvalue weighted by molar-refractivity contribution is 5.32. The second-order valence-corrected chi connectivity index (χ2v) is 3.32. The third-order valence-electron chi connectivity index (χ3n) is 2.24. The van der Waals surface area contributed by atoms with Crippen LogP contribution in [-0.4, -0.2) is 21.4 Å². The summed E-state index contributed by atoms with van der Waals surface area (Å²) in [6, 6.07) is 7.77. The zero-order chi connectivity index (χ0) is 11.2. The molecule has 0 unspecified atom stereocenters. The summed E-state index contributed by atoms with van der Waals surface area (Å²) in [5, 5.41) is 3.99. The largest absolute Gasteiger partial charge is 0.491 e. The second-order valence-electron chi connectivity index (χ2n) is 3.32. The molecule has 0 saturated heterocycles. The minimum absolute atomic E-state index is 0.486. The zero-order valence-electron chi connectivity index (χ0n) is 8.91. The molecular formula is C11H14N4O. The fourth-order valence-electron chi connectivity index (χ4n) is 1.41. The summed E-state index contributed by atoms with van der Waals surface area (Å²) in [5.74, 6) is 0.838. The van der Waals surface area contributed by atoms with Crippen molar-refractivity contribution in [1.82, 2.24) is 14.8 Å². The number of rotatable bonds is 5. The van der Waals surface area contributed by atoms with Gasteiger partial charge in [-0.2, -0.15) is 5.10 Å². The molecule has 0 bridgehead atoms. The lowest BCUT2D eigenvalue weighted by Crippen LogP contribution is -2.10. The highest BCUT2D eigenvalue weighted by Crippen LogP contribution is 2.16. The van der Waals surface area contributed by atoms with Crippen LogP contribution in [0.5, 0.6) is 5.75 Å². The minimum atomic E-state index is 0.486. The maximum absolute atomic E-state index is 5.63. The summed E-state index contributed by atoms with van der Waals surface area (Å²) < 4.78 is 7.36. The van der Waals surface area contributed by atoms with E-state index in [0.717, 1.165) is 11.3 Å². The van der Waals surface area contributed by atoms with Gasteiger partial charge in [-0.3, -0.25) is 0 Å². The molecule has 2 rings (SSSR count). The molecule has 0 radical (unpaired) electrons. The molecule has 1 heterocycles. The summed E-state index contributed by atoms with van der Waals surface area (Å²) in [6.07, 6.45) is 3.17. The Morgan fingerprint density at radius 2 is 2.19 bits per heavy atom. The number of aromatic nitrogens is 3. The van der Waals surface area contributed by atoms with E-state index in [1.54, 1.807) is 11.0 Å². The number of ether oxygens (including phenoxy) is 1. The van der Waals surface area contributed by atoms with E-state index in [4.69, 9.17) is 10.5 Å². The molecule has 0 saturated carbocycles. The summed E-state index contributed by atoms with van der Waals surface area (Å²) in [4.78, 5) is 3.86. The first kappa shape index (κ1) is 10.6. The van der Waals surface area contributed by atoms with E-state index in [1.165, 1.54) is 6.33 Å². The quantitative estimate of drug-likeness (QED) is 0.806. The lowest BCUT2D eigenvalue weighted by molar-refractivity contribution is 0.288. The fourth-order valence-corrected chi connectivity index (χ4v) is 1.41. The van der Waals surface area contributed by atoms with Crippen molar-refractivity contribution in [1.29, 1.82) is 0 Å². The van der Waals surface area contributed by atoms with E-state index in [2.05, 4.69) is 10.1 Å². The first-order valence-corrected chi connectivity index (χ1v) is 5.13. The Morgan fingerprint density at radius 3 is 2.94 bits per heavy atom. The lowest BCUT2D eigenvalue weighted by atomic mass is 10.2. The molecule has 5 nitrogen and oxygen atoms in total. The molecule has 1 aromatic heterocycles. The fraction of sp³-hybridized carbons (Fsp3) is 0.273. The average molecular weight is 218 g/mol. The zero-order valence-corrected chi connectivity index (χ0v) is 8.91. The van der Waals surface area contributed by atoms with E-state index < -0.39 is 0 Å². The molecule has 2 N–H and O–H groups in total. The molecule has 0 amide bonds. The van der Waals surface area contributed by atoms with Crippen molar-refractivity contribution in [3.63, 3.8) is 0 Å². The van der Waals surface area contributed by atoms with Crippen molar-refractivity contribution in [3.8, 4) is 5.75 Å². The maximum atomic E-state index is 5.63. The van der Waals surface area contributed by atoms with Gasteiger partial charge < -0.3 is 10.5 Å². The number of para-hydroxylation sites is 1. The number of nitrogens with two attached hydrogens (primary N) is 1. The van der Waals surface area contributed by atoms with E-state index in [1.807, 2.05) is 24.3 Å². The number of benzene rings is 1. The summed E-state index contributed by atoms with van der Waals surface area (Å²) in [6.45, 7) is 1.72. The molecule has 0 atom stereocenters. The van der Waals surface area contributed by atoms with Crippen LogP contribution in [0.4, 0.5) is 0 Å². The molecule has 0 aliphatic carbocycles. The van der Waals surface area contributed by atoms with Crippen molar-refractivity contribution in [2.45, 2.75) is 13.1 Å². The first-order valence-electron chi connectivity index (χ1n) is 5.13. The van der Waals surface area contributed by atoms with Gasteiger partial charge in [0.1, 0.15) is 25.0 Å². The molecule has 0 aliphatic rings. The van der Waals surface area contributed by atoms with Gasteiger partial charge in [-0.1, -0.05) is 18.2 Å². The molecule has 0 fully saturated rings. The van der Waals surface area contributed by atoms with Crippen molar-refractivity contribution < 1.29 is 4.74 Å². The van der Waals surface area contributed by atoms with Crippen LogP contribution >= 0.6 is 0 Å². The van der Waals surface area contributed by atoms with Gasteiger partial charge in [0, 0.05) is 12.1 Å². The van der Waals surface area contributed by atoms with E-state index in [9.17, 15) is 0 Å². The van der Waals surface area contributed by atoms with E-state index in [-0.39, 0.29) is 0 Å². The van der Waals surface area contributed by atoms with E-state index >= 15 is 0 Å². The van der Waals surface area contributed by atoms with Gasteiger partial charge in [0.15, 0.2) is 0 Å². The Bertz CT molecular complexity index is 427. The van der Waals surface area contributed by atoms with Gasteiger partial charge in [0.05, 0.1) is 6.54 Å². The van der Waals surface area contributed by atoms with Crippen LogP contribution in [0.1, 0.15) is 5.56 Å². The Labute approximate surface area is 93.9 Å². The summed E-state index contributed by atoms with van der Waals surface area (Å²) in [7, 11) is 0. The van der Waals surface area contributed by atoms with Gasteiger partial charge in [-0.15, -0.1) is 0 Å². The first-order chi connectivity index (χ1) is 7.90. The van der Waals surface area contributed by atoms with E-state index in [0.29, 0.717) is 19.7 Å². The third kappa shape index (κ3) is 2.58. The van der Waals surface area contributed by atoms with Crippen LogP contribution in [0.25, 0.3) is 0 Å². The molecule has 16 heavy (non-hydrogen) atoms. The highest BCUT2D eigenvalue weighted by atomic mass is 16.5. The normalized spacial score (nSPS) is 10.3. The van der Waals surface area contributed by atoms with Gasteiger partial charge in [-0.25, -0.2) is 9.67 Å². The third-order valence-corrected chi connectivity index (χ3v) is 2.24. The molecule has 2 aromatic rings. The summed E-state index contributed by atoms with van der Waals surface area (Å²) in [5.41, 5.74) is 6.62. The highest BCUT2D eigenvalue weighted by Gasteiger charge is 2.00. The lowest BCUT2D eigenvalue weighted by Gasteiger charge is -2.09. The SMILES string of the molecule is NCc1ccccc1OCCn1cncn1. The van der Waals surface area contributed by atoms with Crippen molar-refractivity contribution in [3.05, 3.63) is 42.5 Å². The molecule has 5 heteroatoms. The van der Waals surface area contributed by atoms with Crippen LogP contribution in [0.2, 0.25) is 0 Å². The Morgan fingerprint density at radius 1 is 1.31 bits per heavy atom. The van der Waals surface area contributed by atoms with Crippen molar-refractivity contribution >= 4 is 0 Å². The van der Waals surface area contributed by atoms with Crippen molar-refractivity contribution in [2.75, 3.05) is 6.61 Å². The second kappa shape index (κ2) is 5.27.